The van der Waals surface area contributed by atoms with Gasteiger partial charge in [0.05, 0.1) is 18.2 Å². The van der Waals surface area contributed by atoms with Crippen LogP contribution in [-0.2, 0) is 16.1 Å². The zero-order chi connectivity index (χ0) is 23.8. The first-order chi connectivity index (χ1) is 14.8. The number of hydrogen-bond acceptors (Lipinski definition) is 4. The van der Waals surface area contributed by atoms with Gasteiger partial charge in [0.25, 0.3) is 5.91 Å². The number of Topliss-reactive ketones (excluding diaryl/α,β-unsaturated/α-hetero) is 1. The highest BCUT2D eigenvalue weighted by molar-refractivity contribution is 6.10. The van der Waals surface area contributed by atoms with E-state index in [0.29, 0.717) is 5.75 Å². The minimum absolute atomic E-state index is 0.155. The molecule has 1 atom stereocenters. The molecule has 1 N–H and O–H groups in total. The number of aliphatic hydroxyl groups is 1. The Morgan fingerprint density at radius 2 is 1.69 bits per heavy atom. The molecule has 1 amide bonds. The minimum Gasteiger partial charge on any atom is -0.503 e. The minimum atomic E-state index is -0.741. The molecule has 2 aromatic carbocycles. The summed E-state index contributed by atoms with van der Waals surface area (Å²) in [5.41, 5.74) is 1.63. The zero-order valence-corrected chi connectivity index (χ0v) is 20.0. The Bertz CT molecular complexity index is 1070. The number of benzene rings is 2. The van der Waals surface area contributed by atoms with Gasteiger partial charge in [-0.05, 0) is 39.3 Å². The molecular weight excluding hydrogens is 402 g/mol. The molecule has 170 valence electrons. The molecule has 32 heavy (non-hydrogen) atoms. The van der Waals surface area contributed by atoms with E-state index in [-0.39, 0.29) is 17.9 Å². The second kappa shape index (κ2) is 8.45. The van der Waals surface area contributed by atoms with E-state index in [1.165, 1.54) is 0 Å². The lowest BCUT2D eigenvalue weighted by Gasteiger charge is -2.30. The summed E-state index contributed by atoms with van der Waals surface area (Å²) >= 11 is 0. The molecule has 1 aliphatic heterocycles. The molecule has 0 saturated heterocycles. The van der Waals surface area contributed by atoms with E-state index < -0.39 is 28.7 Å². The Morgan fingerprint density at radius 1 is 1.03 bits per heavy atom. The fraction of sp³-hybridized carbons (Fsp3) is 0.407. The van der Waals surface area contributed by atoms with Crippen molar-refractivity contribution in [2.75, 3.05) is 0 Å². The Kier molecular flexibility index (Phi) is 6.23. The maximum atomic E-state index is 13.3. The molecule has 1 heterocycles. The van der Waals surface area contributed by atoms with Crippen LogP contribution >= 0.6 is 0 Å². The lowest BCUT2D eigenvalue weighted by Crippen LogP contribution is -2.33. The molecule has 0 bridgehead atoms. The number of nitrogens with zero attached hydrogens (tertiary/aromatic N) is 1. The van der Waals surface area contributed by atoms with E-state index >= 15 is 0 Å². The van der Waals surface area contributed by atoms with Crippen LogP contribution in [0.25, 0.3) is 0 Å². The van der Waals surface area contributed by atoms with Crippen LogP contribution in [0.1, 0.15) is 64.3 Å². The van der Waals surface area contributed by atoms with Crippen LogP contribution in [-0.4, -0.2) is 27.3 Å². The van der Waals surface area contributed by atoms with Crippen molar-refractivity contribution in [2.24, 2.45) is 5.41 Å². The average Bonchev–Trinajstić information content (AvgIpc) is 2.92. The van der Waals surface area contributed by atoms with E-state index in [0.717, 1.165) is 16.7 Å². The average molecular weight is 436 g/mol. The number of aliphatic hydroxyl groups excluding tert-OH is 1. The smallest absolute Gasteiger partial charge is 0.290 e. The van der Waals surface area contributed by atoms with Crippen LogP contribution in [0.4, 0.5) is 0 Å². The SMILES string of the molecule is Cc1cccc(C2C(C(=O)C(C)(C)C)=C(O)C(=O)N2Cc2ccccc2OC(C)(C)C)c1. The molecule has 0 spiro atoms. The summed E-state index contributed by atoms with van der Waals surface area (Å²) in [6.07, 6.45) is 0. The number of amides is 1. The lowest BCUT2D eigenvalue weighted by molar-refractivity contribution is -0.130. The van der Waals surface area contributed by atoms with Crippen LogP contribution in [0.15, 0.2) is 59.9 Å². The highest BCUT2D eigenvalue weighted by atomic mass is 16.5. The molecule has 0 aromatic heterocycles. The summed E-state index contributed by atoms with van der Waals surface area (Å²) in [6.45, 7) is 13.4. The second-order valence-corrected chi connectivity index (χ2v) is 10.4. The predicted molar refractivity (Wildman–Crippen MR) is 125 cm³/mol. The Hall–Kier alpha value is -3.08. The summed E-state index contributed by atoms with van der Waals surface area (Å²) in [4.78, 5) is 28.1. The number of ketones is 1. The third-order valence-corrected chi connectivity index (χ3v) is 5.32. The summed E-state index contributed by atoms with van der Waals surface area (Å²) < 4.78 is 6.11. The fourth-order valence-corrected chi connectivity index (χ4v) is 3.89. The quantitative estimate of drug-likeness (QED) is 0.656. The Balaban J connectivity index is 2.10. The molecule has 2 aromatic rings. The number of ether oxygens (including phenoxy) is 1. The summed E-state index contributed by atoms with van der Waals surface area (Å²) in [7, 11) is 0. The van der Waals surface area contributed by atoms with Crippen LogP contribution in [0.2, 0.25) is 0 Å². The van der Waals surface area contributed by atoms with Gasteiger partial charge in [0.2, 0.25) is 0 Å². The molecule has 0 saturated carbocycles. The number of aryl methyl sites for hydroxylation is 1. The monoisotopic (exact) mass is 435 g/mol. The van der Waals surface area contributed by atoms with Gasteiger partial charge in [0, 0.05) is 11.0 Å². The van der Waals surface area contributed by atoms with Crippen molar-refractivity contribution in [3.8, 4) is 5.75 Å². The third-order valence-electron chi connectivity index (χ3n) is 5.32. The van der Waals surface area contributed by atoms with Gasteiger partial charge < -0.3 is 14.7 Å². The molecular formula is C27H33NO4. The maximum Gasteiger partial charge on any atom is 0.290 e. The Labute approximate surface area is 190 Å². The molecule has 3 rings (SSSR count). The molecule has 1 aliphatic rings. The summed E-state index contributed by atoms with van der Waals surface area (Å²) in [6, 6.07) is 14.6. The van der Waals surface area contributed by atoms with Crippen LogP contribution in [0, 0.1) is 12.3 Å². The van der Waals surface area contributed by atoms with E-state index in [1.54, 1.807) is 25.7 Å². The maximum absolute atomic E-state index is 13.3. The number of carbonyl (C=O) groups excluding carboxylic acids is 2. The van der Waals surface area contributed by atoms with Crippen LogP contribution in [0.3, 0.4) is 0 Å². The van der Waals surface area contributed by atoms with Gasteiger partial charge in [-0.3, -0.25) is 9.59 Å². The summed E-state index contributed by atoms with van der Waals surface area (Å²) in [5, 5.41) is 10.8. The van der Waals surface area contributed by atoms with Crippen molar-refractivity contribution >= 4 is 11.7 Å². The molecule has 5 nitrogen and oxygen atoms in total. The topological polar surface area (TPSA) is 66.8 Å². The predicted octanol–water partition coefficient (Wildman–Crippen LogP) is 5.68. The van der Waals surface area contributed by atoms with Crippen molar-refractivity contribution in [1.29, 1.82) is 0 Å². The van der Waals surface area contributed by atoms with Gasteiger partial charge in [-0.15, -0.1) is 0 Å². The van der Waals surface area contributed by atoms with E-state index in [4.69, 9.17) is 4.74 Å². The van der Waals surface area contributed by atoms with Gasteiger partial charge in [-0.2, -0.15) is 0 Å². The molecule has 0 radical (unpaired) electrons. The van der Waals surface area contributed by atoms with Crippen molar-refractivity contribution in [1.82, 2.24) is 4.90 Å². The highest BCUT2D eigenvalue weighted by Crippen LogP contribution is 2.42. The second-order valence-electron chi connectivity index (χ2n) is 10.4. The van der Waals surface area contributed by atoms with Crippen molar-refractivity contribution in [3.05, 3.63) is 76.6 Å². The molecule has 0 aliphatic carbocycles. The normalized spacial score (nSPS) is 17.2. The lowest BCUT2D eigenvalue weighted by atomic mass is 9.82. The fourth-order valence-electron chi connectivity index (χ4n) is 3.89. The number of hydrogen-bond donors (Lipinski definition) is 1. The molecule has 0 fully saturated rings. The first kappa shape index (κ1) is 23.6. The van der Waals surface area contributed by atoms with Crippen molar-refractivity contribution in [2.45, 2.75) is 66.7 Å². The zero-order valence-electron chi connectivity index (χ0n) is 20.0. The number of para-hydroxylation sites is 1. The first-order valence-electron chi connectivity index (χ1n) is 10.9. The van der Waals surface area contributed by atoms with Gasteiger partial charge >= 0.3 is 0 Å². The number of carbonyl (C=O) groups is 2. The van der Waals surface area contributed by atoms with Crippen molar-refractivity contribution < 1.29 is 19.4 Å². The Morgan fingerprint density at radius 3 is 2.28 bits per heavy atom. The number of rotatable bonds is 5. The van der Waals surface area contributed by atoms with Gasteiger partial charge in [-0.25, -0.2) is 0 Å². The standard InChI is InChI=1S/C27H33NO4/c1-17-11-10-13-18(15-17)22-21(24(30)26(2,3)4)23(29)25(31)28(22)16-19-12-8-9-14-20(19)32-27(5,6)7/h8-15,22,29H,16H2,1-7H3. The van der Waals surface area contributed by atoms with Crippen molar-refractivity contribution in [3.63, 3.8) is 0 Å². The highest BCUT2D eigenvalue weighted by Gasteiger charge is 2.46. The molecule has 1 unspecified atom stereocenters. The first-order valence-corrected chi connectivity index (χ1v) is 10.9. The van der Waals surface area contributed by atoms with E-state index in [9.17, 15) is 14.7 Å². The van der Waals surface area contributed by atoms with Gasteiger partial charge in [0.1, 0.15) is 11.4 Å². The van der Waals surface area contributed by atoms with Crippen LogP contribution in [0.5, 0.6) is 5.75 Å². The van der Waals surface area contributed by atoms with Gasteiger partial charge in [0.15, 0.2) is 11.5 Å². The third kappa shape index (κ3) is 4.87. The summed E-state index contributed by atoms with van der Waals surface area (Å²) in [5.74, 6) is -0.581. The van der Waals surface area contributed by atoms with Gasteiger partial charge in [-0.1, -0.05) is 68.8 Å². The van der Waals surface area contributed by atoms with E-state index in [2.05, 4.69) is 0 Å². The van der Waals surface area contributed by atoms with E-state index in [1.807, 2.05) is 76.2 Å². The largest absolute Gasteiger partial charge is 0.503 e. The van der Waals surface area contributed by atoms with Crippen LogP contribution < -0.4 is 4.74 Å². The molecule has 5 heteroatoms.